The van der Waals surface area contributed by atoms with Gasteiger partial charge >= 0.3 is 0 Å². The predicted molar refractivity (Wildman–Crippen MR) is 70.2 cm³/mol. The summed E-state index contributed by atoms with van der Waals surface area (Å²) >= 11 is 7.12. The largest absolute Gasteiger partial charge is 0.102 e. The van der Waals surface area contributed by atoms with Crippen molar-refractivity contribution in [1.82, 2.24) is 0 Å². The summed E-state index contributed by atoms with van der Waals surface area (Å²) in [6, 6.07) is 8.24. The lowest BCUT2D eigenvalue weighted by molar-refractivity contribution is 1.14. The van der Waals surface area contributed by atoms with Crippen molar-refractivity contribution in [3.63, 3.8) is 0 Å². The summed E-state index contributed by atoms with van der Waals surface area (Å²) in [7, 11) is 0. The molecular weight excluding hydrogens is 304 g/mol. The van der Waals surface area contributed by atoms with E-state index >= 15 is 0 Å². The van der Waals surface area contributed by atoms with Gasteiger partial charge < -0.3 is 0 Å². The Labute approximate surface area is 102 Å². The van der Waals surface area contributed by atoms with Crippen molar-refractivity contribution in [3.05, 3.63) is 60.7 Å². The number of allylic oxidation sites excluding steroid dienone is 2. The Bertz CT molecular complexity index is 298. The molecule has 0 bridgehead atoms. The highest BCUT2D eigenvalue weighted by Gasteiger charge is 2.12. The molecule has 2 heteroatoms. The number of alkyl halides is 2. The fourth-order valence-electron chi connectivity index (χ4n) is 1.27. The SMILES string of the molecule is C=CC(Br)c1ccccc1C(Br)C=C. The van der Waals surface area contributed by atoms with Crippen LogP contribution in [0.2, 0.25) is 0 Å². The summed E-state index contributed by atoms with van der Waals surface area (Å²) in [5.41, 5.74) is 2.45. The maximum Gasteiger partial charge on any atom is 0.0575 e. The van der Waals surface area contributed by atoms with E-state index in [9.17, 15) is 0 Å². The van der Waals surface area contributed by atoms with Crippen LogP contribution in [0.15, 0.2) is 49.6 Å². The molecule has 0 spiro atoms. The molecule has 0 nitrogen and oxygen atoms in total. The molecule has 0 N–H and O–H groups in total. The van der Waals surface area contributed by atoms with E-state index in [1.54, 1.807) is 0 Å². The van der Waals surface area contributed by atoms with Gasteiger partial charge in [0.25, 0.3) is 0 Å². The third kappa shape index (κ3) is 2.58. The van der Waals surface area contributed by atoms with Crippen LogP contribution in [0.3, 0.4) is 0 Å². The van der Waals surface area contributed by atoms with E-state index in [-0.39, 0.29) is 9.65 Å². The zero-order chi connectivity index (χ0) is 10.6. The molecule has 0 saturated heterocycles. The van der Waals surface area contributed by atoms with Crippen molar-refractivity contribution >= 4 is 31.9 Å². The average Bonchev–Trinajstić information content (AvgIpc) is 2.27. The molecule has 1 rings (SSSR count). The van der Waals surface area contributed by atoms with Crippen LogP contribution in [-0.2, 0) is 0 Å². The molecule has 0 aromatic heterocycles. The van der Waals surface area contributed by atoms with E-state index < -0.39 is 0 Å². The first kappa shape index (κ1) is 11.7. The maximum atomic E-state index is 3.78. The molecule has 14 heavy (non-hydrogen) atoms. The van der Waals surface area contributed by atoms with Gasteiger partial charge in [0.15, 0.2) is 0 Å². The summed E-state index contributed by atoms with van der Waals surface area (Å²) in [6.07, 6.45) is 3.75. The minimum Gasteiger partial charge on any atom is -0.102 e. The average molecular weight is 316 g/mol. The number of hydrogen-bond acceptors (Lipinski definition) is 0. The fraction of sp³-hybridized carbons (Fsp3) is 0.167. The normalized spacial score (nSPS) is 14.4. The fourth-order valence-corrected chi connectivity index (χ4v) is 2.10. The van der Waals surface area contributed by atoms with Gasteiger partial charge in [-0.3, -0.25) is 0 Å². The molecule has 0 aliphatic rings. The minimum atomic E-state index is 0.193. The zero-order valence-electron chi connectivity index (χ0n) is 7.79. The van der Waals surface area contributed by atoms with E-state index in [1.165, 1.54) is 11.1 Å². The minimum absolute atomic E-state index is 0.193. The Morgan fingerprint density at radius 3 is 1.57 bits per heavy atom. The Morgan fingerprint density at radius 2 is 1.29 bits per heavy atom. The van der Waals surface area contributed by atoms with Crippen molar-refractivity contribution in [2.75, 3.05) is 0 Å². The van der Waals surface area contributed by atoms with Crippen LogP contribution < -0.4 is 0 Å². The molecule has 0 heterocycles. The Kier molecular flexibility index (Phi) is 4.63. The Morgan fingerprint density at radius 1 is 0.929 bits per heavy atom. The number of benzene rings is 1. The van der Waals surface area contributed by atoms with Crippen LogP contribution in [0.25, 0.3) is 0 Å². The van der Waals surface area contributed by atoms with Crippen LogP contribution >= 0.6 is 31.9 Å². The van der Waals surface area contributed by atoms with Gasteiger partial charge in [0.1, 0.15) is 0 Å². The molecule has 0 radical (unpaired) electrons. The maximum absolute atomic E-state index is 3.78. The van der Waals surface area contributed by atoms with Gasteiger partial charge in [-0.25, -0.2) is 0 Å². The molecule has 0 amide bonds. The van der Waals surface area contributed by atoms with Crippen LogP contribution in [-0.4, -0.2) is 0 Å². The van der Waals surface area contributed by atoms with Gasteiger partial charge in [-0.1, -0.05) is 68.3 Å². The molecule has 1 aromatic rings. The van der Waals surface area contributed by atoms with Gasteiger partial charge in [0.05, 0.1) is 9.65 Å². The third-order valence-corrected chi connectivity index (χ3v) is 3.74. The first-order valence-corrected chi connectivity index (χ1v) is 6.16. The number of halogens is 2. The number of hydrogen-bond donors (Lipinski definition) is 0. The Hall–Kier alpha value is -0.340. The lowest BCUT2D eigenvalue weighted by Crippen LogP contribution is -1.95. The molecule has 1 aromatic carbocycles. The molecule has 0 aliphatic heterocycles. The van der Waals surface area contributed by atoms with E-state index in [0.717, 1.165) is 0 Å². The topological polar surface area (TPSA) is 0 Å². The van der Waals surface area contributed by atoms with Crippen molar-refractivity contribution < 1.29 is 0 Å². The Balaban J connectivity index is 3.14. The molecular formula is C12H12Br2. The highest BCUT2D eigenvalue weighted by molar-refractivity contribution is 9.09. The smallest absolute Gasteiger partial charge is 0.0575 e. The summed E-state index contributed by atoms with van der Waals surface area (Å²) in [4.78, 5) is 0.386. The van der Waals surface area contributed by atoms with Crippen LogP contribution in [0.1, 0.15) is 20.8 Å². The van der Waals surface area contributed by atoms with E-state index in [1.807, 2.05) is 24.3 Å². The van der Waals surface area contributed by atoms with E-state index in [4.69, 9.17) is 0 Å². The van der Waals surface area contributed by atoms with Gasteiger partial charge in [-0.05, 0) is 11.1 Å². The van der Waals surface area contributed by atoms with Crippen molar-refractivity contribution in [3.8, 4) is 0 Å². The van der Waals surface area contributed by atoms with Gasteiger partial charge in [0.2, 0.25) is 0 Å². The van der Waals surface area contributed by atoms with Crippen LogP contribution in [0, 0.1) is 0 Å². The lowest BCUT2D eigenvalue weighted by atomic mass is 10.0. The van der Waals surface area contributed by atoms with Gasteiger partial charge in [0, 0.05) is 0 Å². The van der Waals surface area contributed by atoms with Crippen molar-refractivity contribution in [1.29, 1.82) is 0 Å². The third-order valence-electron chi connectivity index (χ3n) is 2.00. The molecule has 2 unspecified atom stereocenters. The van der Waals surface area contributed by atoms with E-state index in [2.05, 4.69) is 57.2 Å². The van der Waals surface area contributed by atoms with Gasteiger partial charge in [-0.15, -0.1) is 13.2 Å². The second-order valence-electron chi connectivity index (χ2n) is 2.90. The zero-order valence-corrected chi connectivity index (χ0v) is 11.0. The summed E-state index contributed by atoms with van der Waals surface area (Å²) < 4.78 is 0. The predicted octanol–water partition coefficient (Wildman–Crippen LogP) is 4.93. The highest BCUT2D eigenvalue weighted by atomic mass is 79.9. The first-order valence-electron chi connectivity index (χ1n) is 4.32. The van der Waals surface area contributed by atoms with Gasteiger partial charge in [-0.2, -0.15) is 0 Å². The first-order chi connectivity index (χ1) is 6.70. The quantitative estimate of drug-likeness (QED) is 0.546. The van der Waals surface area contributed by atoms with Crippen LogP contribution in [0.4, 0.5) is 0 Å². The molecule has 74 valence electrons. The molecule has 0 aliphatic carbocycles. The monoisotopic (exact) mass is 314 g/mol. The highest BCUT2D eigenvalue weighted by Crippen LogP contribution is 2.34. The van der Waals surface area contributed by atoms with Crippen molar-refractivity contribution in [2.45, 2.75) is 9.65 Å². The van der Waals surface area contributed by atoms with Crippen molar-refractivity contribution in [2.24, 2.45) is 0 Å². The molecule has 2 atom stereocenters. The molecule has 0 fully saturated rings. The lowest BCUT2D eigenvalue weighted by Gasteiger charge is -2.14. The summed E-state index contributed by atoms with van der Waals surface area (Å²) in [5, 5.41) is 0. The standard InChI is InChI=1S/C12H12Br2/c1-3-11(13)9-7-5-6-8-10(9)12(14)4-2/h3-8,11-12H,1-2H2. The second-order valence-corrected chi connectivity index (χ2v) is 4.88. The van der Waals surface area contributed by atoms with Crippen LogP contribution in [0.5, 0.6) is 0 Å². The molecule has 0 saturated carbocycles. The number of rotatable bonds is 4. The van der Waals surface area contributed by atoms with E-state index in [0.29, 0.717) is 0 Å². The summed E-state index contributed by atoms with van der Waals surface area (Å²) in [5.74, 6) is 0. The second kappa shape index (κ2) is 5.52. The summed E-state index contributed by atoms with van der Waals surface area (Å²) in [6.45, 7) is 7.55.